The molecule has 6 nitrogen and oxygen atoms in total. The molecule has 0 radical (unpaired) electrons. The highest BCUT2D eigenvalue weighted by atomic mass is 16.6. The minimum atomic E-state index is -0.445. The molecule has 2 aromatic rings. The Bertz CT molecular complexity index is 842. The molecule has 1 N–H and O–H groups in total. The zero-order chi connectivity index (χ0) is 19.4. The number of aryl methyl sites for hydroxylation is 2. The van der Waals surface area contributed by atoms with Gasteiger partial charge in [-0.15, -0.1) is 0 Å². The lowest BCUT2D eigenvalue weighted by Crippen LogP contribution is -2.38. The van der Waals surface area contributed by atoms with Gasteiger partial charge < -0.3 is 5.32 Å². The van der Waals surface area contributed by atoms with E-state index >= 15 is 0 Å². The van der Waals surface area contributed by atoms with Gasteiger partial charge in [-0.1, -0.05) is 30.3 Å². The van der Waals surface area contributed by atoms with E-state index in [2.05, 4.69) is 35.3 Å². The van der Waals surface area contributed by atoms with Crippen LogP contribution in [0.3, 0.4) is 0 Å². The number of nitro groups is 1. The van der Waals surface area contributed by atoms with Gasteiger partial charge in [0.25, 0.3) is 5.69 Å². The van der Waals surface area contributed by atoms with E-state index in [4.69, 9.17) is 0 Å². The van der Waals surface area contributed by atoms with Gasteiger partial charge >= 0.3 is 0 Å². The number of nitro benzene ring substituents is 1. The van der Waals surface area contributed by atoms with Crippen molar-refractivity contribution in [2.24, 2.45) is 5.92 Å². The summed E-state index contributed by atoms with van der Waals surface area (Å²) < 4.78 is 0. The first-order chi connectivity index (χ1) is 12.9. The molecule has 142 valence electrons. The van der Waals surface area contributed by atoms with Gasteiger partial charge in [-0.25, -0.2) is 0 Å². The average Bonchev–Trinajstić information content (AvgIpc) is 2.65. The summed E-state index contributed by atoms with van der Waals surface area (Å²) in [5, 5.41) is 13.8. The van der Waals surface area contributed by atoms with Gasteiger partial charge in [0.1, 0.15) is 0 Å². The molecule has 0 spiro atoms. The van der Waals surface area contributed by atoms with Crippen molar-refractivity contribution in [1.29, 1.82) is 0 Å². The smallest absolute Gasteiger partial charge is 0.271 e. The van der Waals surface area contributed by atoms with Crippen LogP contribution in [-0.2, 0) is 11.3 Å². The van der Waals surface area contributed by atoms with Crippen molar-refractivity contribution in [3.63, 3.8) is 0 Å². The quantitative estimate of drug-likeness (QED) is 0.639. The fourth-order valence-corrected chi connectivity index (χ4v) is 3.47. The van der Waals surface area contributed by atoms with Crippen molar-refractivity contribution in [3.05, 3.63) is 69.3 Å². The van der Waals surface area contributed by atoms with Gasteiger partial charge in [-0.2, -0.15) is 0 Å². The summed E-state index contributed by atoms with van der Waals surface area (Å²) in [5.41, 5.74) is 3.96. The number of amides is 1. The maximum atomic E-state index is 12.6. The number of likely N-dealkylation sites (tertiary alicyclic amines) is 1. The van der Waals surface area contributed by atoms with Gasteiger partial charge in [0, 0.05) is 24.6 Å². The van der Waals surface area contributed by atoms with E-state index in [9.17, 15) is 14.9 Å². The topological polar surface area (TPSA) is 75.5 Å². The zero-order valence-corrected chi connectivity index (χ0v) is 15.8. The van der Waals surface area contributed by atoms with E-state index in [1.165, 1.54) is 23.3 Å². The summed E-state index contributed by atoms with van der Waals surface area (Å²) >= 11 is 0. The second-order valence-electron chi connectivity index (χ2n) is 7.22. The van der Waals surface area contributed by atoms with Gasteiger partial charge in [-0.3, -0.25) is 19.8 Å². The Hall–Kier alpha value is -2.73. The van der Waals surface area contributed by atoms with Crippen LogP contribution in [0.25, 0.3) is 0 Å². The number of carbonyl (C=O) groups excluding carboxylic acids is 1. The van der Waals surface area contributed by atoms with Crippen LogP contribution in [0.4, 0.5) is 11.4 Å². The van der Waals surface area contributed by atoms with E-state index in [-0.39, 0.29) is 17.5 Å². The van der Waals surface area contributed by atoms with E-state index in [0.717, 1.165) is 38.0 Å². The molecule has 1 heterocycles. The molecule has 0 saturated carbocycles. The highest BCUT2D eigenvalue weighted by Crippen LogP contribution is 2.25. The molecular formula is C21H25N3O3. The Kier molecular flexibility index (Phi) is 5.86. The highest BCUT2D eigenvalue weighted by molar-refractivity contribution is 5.93. The summed E-state index contributed by atoms with van der Waals surface area (Å²) in [6.07, 6.45) is 1.59. The molecule has 0 atom stereocenters. The predicted molar refractivity (Wildman–Crippen MR) is 106 cm³/mol. The summed E-state index contributed by atoms with van der Waals surface area (Å²) in [5.74, 6) is -0.106. The minimum Gasteiger partial charge on any atom is -0.325 e. The first kappa shape index (κ1) is 19.0. The van der Waals surface area contributed by atoms with Gasteiger partial charge in [0.2, 0.25) is 5.91 Å². The summed E-state index contributed by atoms with van der Waals surface area (Å²) in [6.45, 7) is 6.62. The Labute approximate surface area is 159 Å². The van der Waals surface area contributed by atoms with Crippen LogP contribution in [0.5, 0.6) is 0 Å². The van der Waals surface area contributed by atoms with Gasteiger partial charge in [0.05, 0.1) is 10.6 Å². The molecule has 27 heavy (non-hydrogen) atoms. The van der Waals surface area contributed by atoms with Crippen molar-refractivity contribution in [2.75, 3.05) is 18.4 Å². The van der Waals surface area contributed by atoms with E-state index < -0.39 is 4.92 Å². The monoisotopic (exact) mass is 367 g/mol. The fourth-order valence-electron chi connectivity index (χ4n) is 3.47. The highest BCUT2D eigenvalue weighted by Gasteiger charge is 2.25. The lowest BCUT2D eigenvalue weighted by atomic mass is 9.95. The number of hydrogen-bond donors (Lipinski definition) is 1. The lowest BCUT2D eigenvalue weighted by Gasteiger charge is -2.31. The second kappa shape index (κ2) is 8.31. The van der Waals surface area contributed by atoms with E-state index in [1.807, 2.05) is 13.0 Å². The molecule has 0 aliphatic carbocycles. The number of benzene rings is 2. The van der Waals surface area contributed by atoms with Crippen molar-refractivity contribution < 1.29 is 9.72 Å². The largest absolute Gasteiger partial charge is 0.325 e. The standard InChI is InChI=1S/C21H25N3O3/c1-15-5-3-4-6-18(15)14-23-11-9-17(10-12-23)21(25)22-20-13-19(24(26)27)8-7-16(20)2/h3-8,13,17H,9-12,14H2,1-2H3,(H,22,25). The first-order valence-corrected chi connectivity index (χ1v) is 9.27. The molecule has 0 unspecified atom stereocenters. The average molecular weight is 367 g/mol. The number of rotatable bonds is 5. The molecule has 3 rings (SSSR count). The van der Waals surface area contributed by atoms with Crippen LogP contribution in [0.1, 0.15) is 29.5 Å². The number of anilines is 1. The first-order valence-electron chi connectivity index (χ1n) is 9.27. The summed E-state index contributed by atoms with van der Waals surface area (Å²) in [6, 6.07) is 12.9. The molecule has 0 aromatic heterocycles. The molecule has 1 fully saturated rings. The minimum absolute atomic E-state index is 0.0102. The maximum Gasteiger partial charge on any atom is 0.271 e. The Morgan fingerprint density at radius 1 is 1.15 bits per heavy atom. The molecular weight excluding hydrogens is 342 g/mol. The normalized spacial score (nSPS) is 15.5. The van der Waals surface area contributed by atoms with Crippen LogP contribution in [0.2, 0.25) is 0 Å². The molecule has 6 heteroatoms. The molecule has 1 amide bonds. The third-order valence-corrected chi connectivity index (χ3v) is 5.30. The van der Waals surface area contributed by atoms with Crippen LogP contribution >= 0.6 is 0 Å². The van der Waals surface area contributed by atoms with E-state index in [1.54, 1.807) is 6.07 Å². The zero-order valence-electron chi connectivity index (χ0n) is 15.8. The Morgan fingerprint density at radius 2 is 1.85 bits per heavy atom. The molecule has 1 saturated heterocycles. The number of nitrogens with one attached hydrogen (secondary N) is 1. The number of hydrogen-bond acceptors (Lipinski definition) is 4. The van der Waals surface area contributed by atoms with E-state index in [0.29, 0.717) is 5.69 Å². The van der Waals surface area contributed by atoms with Crippen molar-refractivity contribution >= 4 is 17.3 Å². The third kappa shape index (κ3) is 4.71. The number of carbonyl (C=O) groups is 1. The number of nitrogens with zero attached hydrogens (tertiary/aromatic N) is 2. The number of piperidine rings is 1. The Balaban J connectivity index is 1.57. The fraction of sp³-hybridized carbons (Fsp3) is 0.381. The van der Waals surface area contributed by atoms with Crippen LogP contribution in [0.15, 0.2) is 42.5 Å². The molecule has 0 bridgehead atoms. The molecule has 2 aromatic carbocycles. The van der Waals surface area contributed by atoms with Crippen LogP contribution < -0.4 is 5.32 Å². The molecule has 1 aliphatic heterocycles. The molecule has 1 aliphatic rings. The maximum absolute atomic E-state index is 12.6. The van der Waals surface area contributed by atoms with Gasteiger partial charge in [0.15, 0.2) is 0 Å². The van der Waals surface area contributed by atoms with Crippen molar-refractivity contribution in [3.8, 4) is 0 Å². The second-order valence-corrected chi connectivity index (χ2v) is 7.22. The van der Waals surface area contributed by atoms with Crippen LogP contribution in [-0.4, -0.2) is 28.8 Å². The van der Waals surface area contributed by atoms with Crippen molar-refractivity contribution in [1.82, 2.24) is 4.90 Å². The SMILES string of the molecule is Cc1ccccc1CN1CCC(C(=O)Nc2cc([N+](=O)[O-])ccc2C)CC1. The summed E-state index contributed by atoms with van der Waals surface area (Å²) in [7, 11) is 0. The summed E-state index contributed by atoms with van der Waals surface area (Å²) in [4.78, 5) is 25.5. The van der Waals surface area contributed by atoms with Gasteiger partial charge in [-0.05, 0) is 56.5 Å². The lowest BCUT2D eigenvalue weighted by molar-refractivity contribution is -0.384. The predicted octanol–water partition coefficient (Wildman–Crippen LogP) is 4.06. The Morgan fingerprint density at radius 3 is 2.52 bits per heavy atom. The number of non-ortho nitro benzene ring substituents is 1. The van der Waals surface area contributed by atoms with Crippen LogP contribution in [0, 0.1) is 29.9 Å². The third-order valence-electron chi connectivity index (χ3n) is 5.30. The van der Waals surface area contributed by atoms with Crippen molar-refractivity contribution in [2.45, 2.75) is 33.2 Å².